The van der Waals surface area contributed by atoms with Crippen LogP contribution in [0.4, 0.5) is 0 Å². The lowest BCUT2D eigenvalue weighted by Crippen LogP contribution is -2.32. The number of esters is 1. The number of ether oxygens (including phenoxy) is 1. The first-order valence-corrected chi connectivity index (χ1v) is 7.77. The van der Waals surface area contributed by atoms with E-state index in [4.69, 9.17) is 4.74 Å². The van der Waals surface area contributed by atoms with Gasteiger partial charge in [-0.25, -0.2) is 0 Å². The van der Waals surface area contributed by atoms with Crippen LogP contribution >= 0.6 is 11.8 Å². The third-order valence-electron chi connectivity index (χ3n) is 2.65. The Morgan fingerprint density at radius 1 is 1.30 bits per heavy atom. The van der Waals surface area contributed by atoms with Crippen LogP contribution in [0.2, 0.25) is 0 Å². The topological polar surface area (TPSA) is 55.4 Å². The van der Waals surface area contributed by atoms with Gasteiger partial charge >= 0.3 is 5.97 Å². The Morgan fingerprint density at radius 2 is 2.00 bits per heavy atom. The van der Waals surface area contributed by atoms with Gasteiger partial charge in [-0.15, -0.1) is 11.8 Å². The molecule has 0 fully saturated rings. The van der Waals surface area contributed by atoms with Crippen LogP contribution in [0.5, 0.6) is 0 Å². The van der Waals surface area contributed by atoms with Crippen molar-refractivity contribution < 1.29 is 14.3 Å². The smallest absolute Gasteiger partial charge is 0.307 e. The fourth-order valence-corrected chi connectivity index (χ4v) is 2.41. The largest absolute Gasteiger partial charge is 0.466 e. The van der Waals surface area contributed by atoms with Crippen LogP contribution in [-0.2, 0) is 20.1 Å². The Morgan fingerprint density at radius 3 is 2.65 bits per heavy atom. The van der Waals surface area contributed by atoms with Gasteiger partial charge in [0.25, 0.3) is 0 Å². The van der Waals surface area contributed by atoms with Crippen LogP contribution in [0.15, 0.2) is 30.3 Å². The minimum atomic E-state index is -0.280. The molecular formula is C15H21NO3S. The summed E-state index contributed by atoms with van der Waals surface area (Å²) in [7, 11) is 0. The number of rotatable bonds is 8. The second kappa shape index (κ2) is 9.42. The maximum atomic E-state index is 11.8. The molecule has 0 aliphatic carbocycles. The van der Waals surface area contributed by atoms with Crippen LogP contribution in [0.25, 0.3) is 0 Å². The van der Waals surface area contributed by atoms with Crippen molar-refractivity contribution in [3.63, 3.8) is 0 Å². The molecule has 110 valence electrons. The highest BCUT2D eigenvalue weighted by Gasteiger charge is 2.13. The van der Waals surface area contributed by atoms with Gasteiger partial charge in [0.05, 0.1) is 18.3 Å². The number of benzene rings is 1. The summed E-state index contributed by atoms with van der Waals surface area (Å²) < 4.78 is 4.79. The molecule has 0 bridgehead atoms. The molecule has 1 N–H and O–H groups in total. The molecule has 1 rings (SSSR count). The van der Waals surface area contributed by atoms with Crippen molar-refractivity contribution in [1.82, 2.24) is 5.32 Å². The zero-order valence-corrected chi connectivity index (χ0v) is 12.7. The van der Waals surface area contributed by atoms with Crippen molar-refractivity contribution in [2.45, 2.75) is 31.3 Å². The first-order chi connectivity index (χ1) is 9.63. The van der Waals surface area contributed by atoms with Crippen LogP contribution in [0, 0.1) is 0 Å². The first-order valence-electron chi connectivity index (χ1n) is 6.72. The van der Waals surface area contributed by atoms with Crippen LogP contribution < -0.4 is 5.32 Å². The van der Waals surface area contributed by atoms with Crippen LogP contribution in [0.3, 0.4) is 0 Å². The van der Waals surface area contributed by atoms with Gasteiger partial charge < -0.3 is 10.1 Å². The predicted octanol–water partition coefficient (Wildman–Crippen LogP) is 2.38. The van der Waals surface area contributed by atoms with Crippen LogP contribution in [-0.4, -0.2) is 30.3 Å². The Labute approximate surface area is 124 Å². The second-order valence-electron chi connectivity index (χ2n) is 4.28. The molecule has 0 aromatic heterocycles. The molecule has 1 atom stereocenters. The van der Waals surface area contributed by atoms with Crippen molar-refractivity contribution in [2.75, 3.05) is 13.2 Å². The third kappa shape index (κ3) is 6.61. The Bertz CT molecular complexity index is 422. The van der Waals surface area contributed by atoms with Gasteiger partial charge in [0.1, 0.15) is 0 Å². The molecule has 20 heavy (non-hydrogen) atoms. The third-order valence-corrected chi connectivity index (χ3v) is 3.86. The van der Waals surface area contributed by atoms with Crippen molar-refractivity contribution >= 4 is 23.6 Å². The van der Waals surface area contributed by atoms with Crippen molar-refractivity contribution in [1.29, 1.82) is 0 Å². The van der Waals surface area contributed by atoms with E-state index in [0.717, 1.165) is 5.75 Å². The van der Waals surface area contributed by atoms with Gasteiger partial charge in [0, 0.05) is 12.3 Å². The van der Waals surface area contributed by atoms with Crippen LogP contribution in [0.1, 0.15) is 25.8 Å². The lowest BCUT2D eigenvalue weighted by atomic mass is 10.2. The summed E-state index contributed by atoms with van der Waals surface area (Å²) in [5, 5.41) is 2.61. The van der Waals surface area contributed by atoms with E-state index in [0.29, 0.717) is 13.2 Å². The monoisotopic (exact) mass is 295 g/mol. The number of thioether (sulfide) groups is 1. The number of nitrogens with one attached hydrogen (secondary N) is 1. The Hall–Kier alpha value is -1.49. The average Bonchev–Trinajstić information content (AvgIpc) is 2.46. The van der Waals surface area contributed by atoms with E-state index >= 15 is 0 Å². The average molecular weight is 295 g/mol. The number of amides is 1. The van der Waals surface area contributed by atoms with Gasteiger partial charge in [0.15, 0.2) is 0 Å². The maximum absolute atomic E-state index is 11.8. The highest BCUT2D eigenvalue weighted by molar-refractivity contribution is 7.99. The lowest BCUT2D eigenvalue weighted by molar-refractivity contribution is -0.143. The highest BCUT2D eigenvalue weighted by atomic mass is 32.2. The molecule has 1 aromatic carbocycles. The lowest BCUT2D eigenvalue weighted by Gasteiger charge is -2.11. The SMILES string of the molecule is CCOC(=O)CCNC(=O)C(C)SCc1ccccc1. The van der Waals surface area contributed by atoms with Gasteiger partial charge in [-0.2, -0.15) is 0 Å². The standard InChI is InChI=1S/C15H21NO3S/c1-3-19-14(17)9-10-16-15(18)12(2)20-11-13-7-5-4-6-8-13/h4-8,12H,3,9-11H2,1-2H3,(H,16,18). The molecule has 0 aliphatic heterocycles. The molecule has 0 radical (unpaired) electrons. The number of carbonyl (C=O) groups excluding carboxylic acids is 2. The molecule has 1 aromatic rings. The van der Waals surface area contributed by atoms with Crippen molar-refractivity contribution in [3.05, 3.63) is 35.9 Å². The number of carbonyl (C=O) groups is 2. The molecule has 1 amide bonds. The summed E-state index contributed by atoms with van der Waals surface area (Å²) >= 11 is 1.58. The van der Waals surface area contributed by atoms with Crippen molar-refractivity contribution in [3.8, 4) is 0 Å². The summed E-state index contributed by atoms with van der Waals surface area (Å²) in [5.41, 5.74) is 1.20. The molecular weight excluding hydrogens is 274 g/mol. The van der Waals surface area contributed by atoms with E-state index < -0.39 is 0 Å². The van der Waals surface area contributed by atoms with E-state index in [9.17, 15) is 9.59 Å². The summed E-state index contributed by atoms with van der Waals surface area (Å²) in [6, 6.07) is 10.0. The van der Waals surface area contributed by atoms with Gasteiger partial charge in [-0.3, -0.25) is 9.59 Å². The Kier molecular flexibility index (Phi) is 7.80. The molecule has 4 nitrogen and oxygen atoms in total. The molecule has 0 spiro atoms. The van der Waals surface area contributed by atoms with Gasteiger partial charge in [-0.1, -0.05) is 30.3 Å². The summed E-state index contributed by atoms with van der Waals surface area (Å²) in [6.07, 6.45) is 0.218. The van der Waals surface area contributed by atoms with E-state index in [1.165, 1.54) is 5.56 Å². The minimum Gasteiger partial charge on any atom is -0.466 e. The molecule has 1 unspecified atom stereocenters. The quantitative estimate of drug-likeness (QED) is 0.748. The fourth-order valence-electron chi connectivity index (χ4n) is 1.54. The normalized spacial score (nSPS) is 11.7. The number of hydrogen-bond donors (Lipinski definition) is 1. The summed E-state index contributed by atoms with van der Waals surface area (Å²) in [6.45, 7) is 4.33. The van der Waals surface area contributed by atoms with Gasteiger partial charge in [0.2, 0.25) is 5.91 Å². The Balaban J connectivity index is 2.21. The first kappa shape index (κ1) is 16.6. The second-order valence-corrected chi connectivity index (χ2v) is 5.61. The molecule has 5 heteroatoms. The zero-order valence-electron chi connectivity index (χ0n) is 11.9. The maximum Gasteiger partial charge on any atom is 0.307 e. The van der Waals surface area contributed by atoms with Crippen molar-refractivity contribution in [2.24, 2.45) is 0 Å². The van der Waals surface area contributed by atoms with E-state index in [-0.39, 0.29) is 23.5 Å². The minimum absolute atomic E-state index is 0.0461. The predicted molar refractivity (Wildman–Crippen MR) is 81.5 cm³/mol. The molecule has 0 saturated heterocycles. The van der Waals surface area contributed by atoms with E-state index in [1.54, 1.807) is 18.7 Å². The zero-order chi connectivity index (χ0) is 14.8. The molecule has 0 heterocycles. The van der Waals surface area contributed by atoms with E-state index in [1.807, 2.05) is 37.3 Å². The highest BCUT2D eigenvalue weighted by Crippen LogP contribution is 2.17. The molecule has 0 aliphatic rings. The van der Waals surface area contributed by atoms with E-state index in [2.05, 4.69) is 5.32 Å². The molecule has 0 saturated carbocycles. The fraction of sp³-hybridized carbons (Fsp3) is 0.467. The summed E-state index contributed by atoms with van der Waals surface area (Å²) in [4.78, 5) is 22.9. The van der Waals surface area contributed by atoms with Gasteiger partial charge in [-0.05, 0) is 19.4 Å². The summed E-state index contributed by atoms with van der Waals surface area (Å²) in [5.74, 6) is 0.473. The number of hydrogen-bond acceptors (Lipinski definition) is 4.